The molecule has 0 radical (unpaired) electrons. The lowest BCUT2D eigenvalue weighted by Gasteiger charge is -2.39. The molecule has 5 heterocycles. The van der Waals surface area contributed by atoms with Crippen molar-refractivity contribution in [1.82, 2.24) is 30.7 Å². The number of Topliss-reactive ketones (excluding diaryl/α,β-unsaturated/α-hetero) is 2. The Hall–Kier alpha value is -5.89. The third-order valence-corrected chi connectivity index (χ3v) is 12.1. The predicted molar refractivity (Wildman–Crippen MR) is 213 cm³/mol. The smallest absolute Gasteiger partial charge is 0.239 e. The molecule has 4 amide bonds. The number of hydrogen-bond acceptors (Lipinski definition) is 10. The summed E-state index contributed by atoms with van der Waals surface area (Å²) in [6.07, 6.45) is 11.6. The zero-order valence-electron chi connectivity index (χ0n) is 31.3. The van der Waals surface area contributed by atoms with Crippen molar-refractivity contribution in [1.29, 1.82) is 0 Å². The molecule has 0 saturated carbocycles. The Labute approximate surface area is 334 Å². The number of halogens is 1. The van der Waals surface area contributed by atoms with E-state index in [1.165, 1.54) is 0 Å². The number of aryl methyl sites for hydroxylation is 1. The molecule has 4 N–H and O–H groups in total. The first-order chi connectivity index (χ1) is 27.6. The molecule has 57 heavy (non-hydrogen) atoms. The van der Waals surface area contributed by atoms with Crippen LogP contribution in [0.1, 0.15) is 65.7 Å². The Morgan fingerprint density at radius 3 is 2.44 bits per heavy atom. The van der Waals surface area contributed by atoms with Crippen molar-refractivity contribution in [3.63, 3.8) is 0 Å². The van der Waals surface area contributed by atoms with Crippen molar-refractivity contribution < 1.29 is 28.8 Å². The molecule has 14 nitrogen and oxygen atoms in total. The van der Waals surface area contributed by atoms with Gasteiger partial charge in [-0.3, -0.25) is 43.7 Å². The molecule has 3 fully saturated rings. The fourth-order valence-electron chi connectivity index (χ4n) is 8.66. The number of unbranched alkanes of at least 4 members (excludes halogenated alkanes) is 1. The molecule has 294 valence electrons. The van der Waals surface area contributed by atoms with Crippen LogP contribution < -0.4 is 26.2 Å². The predicted octanol–water partition coefficient (Wildman–Crippen LogP) is 4.43. The normalized spacial score (nSPS) is 20.1. The fraction of sp³-hybridized carbons (Fsp3) is 0.381. The van der Waals surface area contributed by atoms with E-state index in [4.69, 9.17) is 11.6 Å². The quantitative estimate of drug-likeness (QED) is 0.0910. The van der Waals surface area contributed by atoms with E-state index in [9.17, 15) is 28.8 Å². The van der Waals surface area contributed by atoms with Crippen molar-refractivity contribution in [2.45, 2.75) is 51.5 Å². The monoisotopic (exact) mass is 790 g/mol. The largest absolute Gasteiger partial charge is 0.376 e. The maximum Gasteiger partial charge on any atom is 0.239 e. The topological polar surface area (TPSA) is 184 Å². The van der Waals surface area contributed by atoms with E-state index in [1.807, 2.05) is 23.3 Å². The summed E-state index contributed by atoms with van der Waals surface area (Å²) < 4.78 is 1.88. The number of aromatic nitrogens is 3. The van der Waals surface area contributed by atoms with Crippen molar-refractivity contribution in [3.8, 4) is 22.3 Å². The first kappa shape index (κ1) is 38.0. The second-order valence-electron chi connectivity index (χ2n) is 15.3. The summed E-state index contributed by atoms with van der Waals surface area (Å²) in [5, 5.41) is 16.2. The Morgan fingerprint density at radius 2 is 1.68 bits per heavy atom. The van der Waals surface area contributed by atoms with Gasteiger partial charge in [-0.25, -0.2) is 0 Å². The van der Waals surface area contributed by atoms with Crippen LogP contribution in [-0.4, -0.2) is 82.7 Å². The number of carbonyl (C=O) groups excluding carboxylic acids is 6. The lowest BCUT2D eigenvalue weighted by atomic mass is 9.77. The molecule has 4 aliphatic rings. The summed E-state index contributed by atoms with van der Waals surface area (Å²) >= 11 is 6.74. The number of rotatable bonds is 12. The minimum absolute atomic E-state index is 0.0731. The van der Waals surface area contributed by atoms with E-state index in [0.717, 1.165) is 79.7 Å². The van der Waals surface area contributed by atoms with Crippen molar-refractivity contribution >= 4 is 58.2 Å². The summed E-state index contributed by atoms with van der Waals surface area (Å²) in [4.78, 5) is 82.4. The minimum atomic E-state index is -1.18. The molecule has 1 spiro atoms. The van der Waals surface area contributed by atoms with E-state index in [1.54, 1.807) is 24.4 Å². The van der Waals surface area contributed by atoms with Gasteiger partial charge in [0.1, 0.15) is 0 Å². The van der Waals surface area contributed by atoms with Crippen LogP contribution in [-0.2, 0) is 25.7 Å². The van der Waals surface area contributed by atoms with Crippen LogP contribution in [0.5, 0.6) is 0 Å². The lowest BCUT2D eigenvalue weighted by molar-refractivity contribution is -0.137. The number of nitrogens with one attached hydrogen (secondary N) is 4. The summed E-state index contributed by atoms with van der Waals surface area (Å²) in [5.41, 5.74) is 5.40. The number of amides is 4. The number of imide groups is 1. The van der Waals surface area contributed by atoms with E-state index in [0.29, 0.717) is 23.8 Å². The SMILES string of the molecule is O=C(CNc1cccc2c1C(=O)C(C1CCC(=O)NC1=O)C2=O)NCCCCn1cc(-c2ccc(-c3cncc(Cl)c3N3CCC4(CCNC4=O)CC3)cc2)cn1. The zero-order chi connectivity index (χ0) is 39.7. The van der Waals surface area contributed by atoms with Crippen molar-refractivity contribution in [2.24, 2.45) is 17.3 Å². The molecule has 0 bridgehead atoms. The second-order valence-corrected chi connectivity index (χ2v) is 15.7. The van der Waals surface area contributed by atoms with Crippen LogP contribution in [0.15, 0.2) is 67.3 Å². The van der Waals surface area contributed by atoms with Gasteiger partial charge >= 0.3 is 0 Å². The summed E-state index contributed by atoms with van der Waals surface area (Å²) in [6.45, 7) is 3.28. The highest BCUT2D eigenvalue weighted by molar-refractivity contribution is 6.34. The van der Waals surface area contributed by atoms with Crippen molar-refractivity contribution in [2.75, 3.05) is 42.9 Å². The third kappa shape index (κ3) is 7.53. The van der Waals surface area contributed by atoms with Gasteiger partial charge in [-0.15, -0.1) is 0 Å². The minimum Gasteiger partial charge on any atom is -0.376 e. The molecule has 15 heteroatoms. The number of carbonyl (C=O) groups is 6. The van der Waals surface area contributed by atoms with Gasteiger partial charge in [-0.2, -0.15) is 5.10 Å². The van der Waals surface area contributed by atoms with Gasteiger partial charge in [-0.1, -0.05) is 48.0 Å². The van der Waals surface area contributed by atoms with Gasteiger partial charge in [0.15, 0.2) is 11.6 Å². The second kappa shape index (κ2) is 15.9. The van der Waals surface area contributed by atoms with E-state index >= 15 is 0 Å². The van der Waals surface area contributed by atoms with Crippen LogP contribution in [0.25, 0.3) is 22.3 Å². The summed E-state index contributed by atoms with van der Waals surface area (Å²) in [6, 6.07) is 13.1. The van der Waals surface area contributed by atoms with Gasteiger partial charge in [-0.05, 0) is 55.7 Å². The highest BCUT2D eigenvalue weighted by atomic mass is 35.5. The number of nitrogens with zero attached hydrogens (tertiary/aromatic N) is 4. The molecule has 3 aliphatic heterocycles. The maximum atomic E-state index is 13.4. The summed E-state index contributed by atoms with van der Waals surface area (Å²) in [7, 11) is 0. The van der Waals surface area contributed by atoms with Crippen LogP contribution in [0.4, 0.5) is 11.4 Å². The standard InChI is InChI=1S/C42H43ClN8O6/c43-31-22-44-21-30(37(31)50-18-13-42(14-19-50)12-16-46-41(42)57)26-8-6-25(7-9-26)27-20-48-51(24-27)17-2-1-15-45-34(53)23-47-32-5-3-4-28-35(32)39(55)36(38(28)54)29-10-11-33(52)49-40(29)56/h3-9,20-22,24,29,36,47H,1-2,10-19,23H2,(H,45,53)(H,46,57)(H,49,52,56). The Balaban J connectivity index is 0.800. The number of anilines is 2. The average molecular weight is 791 g/mol. The molecule has 4 aromatic rings. The maximum absolute atomic E-state index is 13.4. The Kier molecular flexibility index (Phi) is 10.6. The molecule has 2 unspecified atom stereocenters. The Bertz CT molecular complexity index is 2260. The molecule has 2 aromatic heterocycles. The number of fused-ring (bicyclic) bond motifs is 1. The van der Waals surface area contributed by atoms with Crippen LogP contribution in [0.3, 0.4) is 0 Å². The van der Waals surface area contributed by atoms with Crippen molar-refractivity contribution in [3.05, 3.63) is 83.4 Å². The van der Waals surface area contributed by atoms with Gasteiger partial charge in [0.2, 0.25) is 23.6 Å². The molecule has 1 aliphatic carbocycles. The number of piperidine rings is 2. The first-order valence-electron chi connectivity index (χ1n) is 19.5. The highest BCUT2D eigenvalue weighted by Crippen LogP contribution is 2.44. The number of pyridine rings is 1. The van der Waals surface area contributed by atoms with Gasteiger partial charge in [0, 0.05) is 80.1 Å². The fourth-order valence-corrected chi connectivity index (χ4v) is 8.94. The van der Waals surface area contributed by atoms with Gasteiger partial charge < -0.3 is 20.9 Å². The van der Waals surface area contributed by atoms with Crippen LogP contribution in [0, 0.1) is 17.3 Å². The van der Waals surface area contributed by atoms with E-state index in [2.05, 4.69) is 60.5 Å². The molecule has 3 saturated heterocycles. The average Bonchev–Trinajstić information content (AvgIpc) is 3.90. The van der Waals surface area contributed by atoms with Crippen LogP contribution in [0.2, 0.25) is 5.02 Å². The first-order valence-corrected chi connectivity index (χ1v) is 19.9. The molecule has 2 aromatic carbocycles. The van der Waals surface area contributed by atoms with Crippen LogP contribution >= 0.6 is 11.6 Å². The van der Waals surface area contributed by atoms with Gasteiger partial charge in [0.25, 0.3) is 0 Å². The summed E-state index contributed by atoms with van der Waals surface area (Å²) in [5.74, 6) is -4.10. The molecule has 8 rings (SSSR count). The number of hydrogen-bond donors (Lipinski definition) is 4. The molecule has 2 atom stereocenters. The highest BCUT2D eigenvalue weighted by Gasteiger charge is 2.48. The number of ketones is 2. The van der Waals surface area contributed by atoms with E-state index < -0.39 is 35.2 Å². The lowest BCUT2D eigenvalue weighted by Crippen LogP contribution is -2.46. The molecular weight excluding hydrogens is 748 g/mol. The zero-order valence-corrected chi connectivity index (χ0v) is 32.1. The third-order valence-electron chi connectivity index (χ3n) is 11.8. The molecular formula is C42H43ClN8O6. The number of benzene rings is 2. The Morgan fingerprint density at radius 1 is 0.895 bits per heavy atom. The van der Waals surface area contributed by atoms with E-state index in [-0.39, 0.29) is 47.7 Å². The van der Waals surface area contributed by atoms with Gasteiger partial charge in [0.05, 0.1) is 46.3 Å².